The molecule has 20 heavy (non-hydrogen) atoms. The molecule has 0 aromatic carbocycles. The summed E-state index contributed by atoms with van der Waals surface area (Å²) < 4.78 is 28.6. The predicted octanol–water partition coefficient (Wildman–Crippen LogP) is 3.59. The Bertz CT molecular complexity index is 385. The first kappa shape index (κ1) is 18.1. The third kappa shape index (κ3) is 3.62. The van der Waals surface area contributed by atoms with Crippen LogP contribution in [0.15, 0.2) is 0 Å². The number of nitrogens with zero attached hydrogens (tertiary/aromatic N) is 1. The van der Waals surface area contributed by atoms with Crippen molar-refractivity contribution in [2.24, 2.45) is 0 Å². The van der Waals surface area contributed by atoms with Gasteiger partial charge in [0, 0.05) is 12.6 Å². The fourth-order valence-corrected chi connectivity index (χ4v) is 3.89. The molecule has 7 heteroatoms. The van der Waals surface area contributed by atoms with Crippen molar-refractivity contribution in [3.8, 4) is 0 Å². The lowest BCUT2D eigenvalue weighted by Gasteiger charge is -2.36. The molecule has 1 saturated heterocycles. The Morgan fingerprint density at radius 2 is 1.95 bits per heavy atom. The first-order valence-electron chi connectivity index (χ1n) is 7.00. The molecule has 0 bridgehead atoms. The zero-order chi connectivity index (χ0) is 15.8. The summed E-state index contributed by atoms with van der Waals surface area (Å²) in [6.07, 6.45) is 0.580. The zero-order valence-electron chi connectivity index (χ0n) is 13.5. The van der Waals surface area contributed by atoms with Crippen molar-refractivity contribution in [3.05, 3.63) is 0 Å². The maximum Gasteiger partial charge on any atom is 0.475 e. The number of phosphoric ester groups is 1. The average Bonchev–Trinajstić information content (AvgIpc) is 2.49. The van der Waals surface area contributed by atoms with Gasteiger partial charge in [0.25, 0.3) is 0 Å². The van der Waals surface area contributed by atoms with Gasteiger partial charge in [-0.15, -0.1) is 0 Å². The van der Waals surface area contributed by atoms with E-state index in [1.807, 2.05) is 41.5 Å². The number of hydrogen-bond donors (Lipinski definition) is 1. The maximum absolute atomic E-state index is 12.5. The van der Waals surface area contributed by atoms with Gasteiger partial charge in [-0.3, -0.25) is 13.6 Å². The van der Waals surface area contributed by atoms with Crippen molar-refractivity contribution >= 4 is 7.82 Å². The van der Waals surface area contributed by atoms with Crippen LogP contribution in [0.2, 0.25) is 0 Å². The molecular formula is C13H28NO5P. The Kier molecular flexibility index (Phi) is 5.45. The van der Waals surface area contributed by atoms with E-state index in [-0.39, 0.29) is 6.10 Å². The number of phosphoric acid groups is 1. The second-order valence-corrected chi connectivity index (χ2v) is 8.21. The first-order valence-corrected chi connectivity index (χ1v) is 8.46. The van der Waals surface area contributed by atoms with Crippen LogP contribution in [0.5, 0.6) is 0 Å². The summed E-state index contributed by atoms with van der Waals surface area (Å²) in [5.41, 5.74) is -1.13. The standard InChI is InChI=1S/C13H28NO5P/c1-8-10(2)18-20(16,17-7)19-11-9-12(3,4)14(15)13(11,5)6/h10-11,15H,8-9H2,1-7H3. The molecule has 6 nitrogen and oxygen atoms in total. The van der Waals surface area contributed by atoms with Crippen molar-refractivity contribution in [3.63, 3.8) is 0 Å². The van der Waals surface area contributed by atoms with E-state index in [0.29, 0.717) is 12.8 Å². The minimum absolute atomic E-state index is 0.219. The number of hydrogen-bond acceptors (Lipinski definition) is 6. The minimum atomic E-state index is -3.62. The lowest BCUT2D eigenvalue weighted by molar-refractivity contribution is -0.200. The lowest BCUT2D eigenvalue weighted by Crippen LogP contribution is -2.48. The first-order chi connectivity index (χ1) is 8.98. The summed E-state index contributed by atoms with van der Waals surface area (Å²) in [4.78, 5) is 0. The highest BCUT2D eigenvalue weighted by molar-refractivity contribution is 7.48. The molecule has 0 aromatic heterocycles. The molecule has 1 N–H and O–H groups in total. The predicted molar refractivity (Wildman–Crippen MR) is 76.7 cm³/mol. The third-order valence-corrected chi connectivity index (χ3v) is 5.53. The Morgan fingerprint density at radius 3 is 2.30 bits per heavy atom. The molecule has 1 fully saturated rings. The highest BCUT2D eigenvalue weighted by Gasteiger charge is 2.54. The molecule has 3 atom stereocenters. The van der Waals surface area contributed by atoms with Gasteiger partial charge in [-0.25, -0.2) is 4.57 Å². The van der Waals surface area contributed by atoms with Crippen LogP contribution >= 0.6 is 7.82 Å². The van der Waals surface area contributed by atoms with Gasteiger partial charge in [-0.1, -0.05) is 6.92 Å². The molecule has 0 amide bonds. The van der Waals surface area contributed by atoms with E-state index in [2.05, 4.69) is 0 Å². The molecule has 0 aromatic rings. The van der Waals surface area contributed by atoms with Gasteiger partial charge in [0.05, 0.1) is 17.7 Å². The van der Waals surface area contributed by atoms with E-state index in [4.69, 9.17) is 13.6 Å². The van der Waals surface area contributed by atoms with Crippen LogP contribution < -0.4 is 0 Å². The SMILES string of the molecule is CCC(C)OP(=O)(OC)OC1CC(C)(C)N(O)C1(C)C. The summed E-state index contributed by atoms with van der Waals surface area (Å²) in [6, 6.07) is 0. The Hall–Kier alpha value is 0.0300. The highest BCUT2D eigenvalue weighted by atomic mass is 31.2. The number of hydroxylamine groups is 2. The monoisotopic (exact) mass is 309 g/mol. The van der Waals surface area contributed by atoms with Gasteiger partial charge in [-0.2, -0.15) is 5.06 Å². The van der Waals surface area contributed by atoms with E-state index in [9.17, 15) is 9.77 Å². The van der Waals surface area contributed by atoms with E-state index in [1.165, 1.54) is 12.2 Å². The van der Waals surface area contributed by atoms with Crippen LogP contribution in [0.25, 0.3) is 0 Å². The quantitative estimate of drug-likeness (QED) is 0.756. The second-order valence-electron chi connectivity index (χ2n) is 6.53. The fraction of sp³-hybridized carbons (Fsp3) is 1.00. The minimum Gasteiger partial charge on any atom is -0.313 e. The van der Waals surface area contributed by atoms with Gasteiger partial charge in [-0.05, 0) is 47.5 Å². The Balaban J connectivity index is 2.88. The van der Waals surface area contributed by atoms with Crippen molar-refractivity contribution in [1.29, 1.82) is 0 Å². The van der Waals surface area contributed by atoms with Crippen molar-refractivity contribution in [1.82, 2.24) is 5.06 Å². The van der Waals surface area contributed by atoms with E-state index < -0.39 is 25.0 Å². The lowest BCUT2D eigenvalue weighted by atomic mass is 9.97. The largest absolute Gasteiger partial charge is 0.475 e. The Labute approximate surface area is 122 Å². The fourth-order valence-electron chi connectivity index (χ4n) is 2.43. The van der Waals surface area contributed by atoms with Crippen LogP contribution in [0.3, 0.4) is 0 Å². The van der Waals surface area contributed by atoms with Crippen molar-refractivity contribution in [2.45, 2.75) is 77.7 Å². The van der Waals surface area contributed by atoms with Crippen LogP contribution in [0.1, 0.15) is 54.4 Å². The molecule has 1 heterocycles. The molecule has 1 rings (SSSR count). The van der Waals surface area contributed by atoms with Crippen LogP contribution in [0, 0.1) is 0 Å². The molecular weight excluding hydrogens is 281 g/mol. The molecule has 0 radical (unpaired) electrons. The van der Waals surface area contributed by atoms with Crippen molar-refractivity contribution < 1.29 is 23.3 Å². The zero-order valence-corrected chi connectivity index (χ0v) is 14.4. The molecule has 0 spiro atoms. The molecule has 3 unspecified atom stereocenters. The summed E-state index contributed by atoms with van der Waals surface area (Å²) in [7, 11) is -2.31. The topological polar surface area (TPSA) is 68.2 Å². The number of rotatable bonds is 6. The third-order valence-electron chi connectivity index (χ3n) is 3.96. The molecule has 120 valence electrons. The Morgan fingerprint density at radius 1 is 1.40 bits per heavy atom. The van der Waals surface area contributed by atoms with Gasteiger partial charge >= 0.3 is 7.82 Å². The molecule has 0 saturated carbocycles. The summed E-state index contributed by atoms with van der Waals surface area (Å²) in [6.45, 7) is 11.3. The van der Waals surface area contributed by atoms with Crippen LogP contribution in [0.4, 0.5) is 0 Å². The van der Waals surface area contributed by atoms with Crippen molar-refractivity contribution in [2.75, 3.05) is 7.11 Å². The molecule has 0 aliphatic carbocycles. The van der Waals surface area contributed by atoms with E-state index >= 15 is 0 Å². The van der Waals surface area contributed by atoms with Crippen LogP contribution in [-0.2, 0) is 18.1 Å². The summed E-state index contributed by atoms with van der Waals surface area (Å²) in [5.74, 6) is 0. The molecule has 1 aliphatic heterocycles. The van der Waals surface area contributed by atoms with Gasteiger partial charge in [0.15, 0.2) is 0 Å². The van der Waals surface area contributed by atoms with Gasteiger partial charge in [0.2, 0.25) is 0 Å². The summed E-state index contributed by atoms with van der Waals surface area (Å²) in [5, 5.41) is 11.5. The van der Waals surface area contributed by atoms with Gasteiger partial charge < -0.3 is 5.21 Å². The summed E-state index contributed by atoms with van der Waals surface area (Å²) >= 11 is 0. The normalized spacial score (nSPS) is 30.1. The van der Waals surface area contributed by atoms with E-state index in [1.54, 1.807) is 0 Å². The average molecular weight is 309 g/mol. The maximum atomic E-state index is 12.5. The van der Waals surface area contributed by atoms with E-state index in [0.717, 1.165) is 0 Å². The second kappa shape index (κ2) is 6.03. The highest BCUT2D eigenvalue weighted by Crippen LogP contribution is 2.55. The smallest absolute Gasteiger partial charge is 0.313 e. The van der Waals surface area contributed by atoms with Gasteiger partial charge in [0.1, 0.15) is 0 Å². The van der Waals surface area contributed by atoms with Crippen LogP contribution in [-0.4, -0.2) is 40.7 Å². The molecule has 1 aliphatic rings.